The summed E-state index contributed by atoms with van der Waals surface area (Å²) >= 11 is 0. The molecule has 1 aromatic rings. The highest BCUT2D eigenvalue weighted by Crippen LogP contribution is 2.27. The van der Waals surface area contributed by atoms with Gasteiger partial charge >= 0.3 is 0 Å². The fourth-order valence-corrected chi connectivity index (χ4v) is 2.56. The largest absolute Gasteiger partial charge is 0.395 e. The Balaban J connectivity index is 1.92. The summed E-state index contributed by atoms with van der Waals surface area (Å²) < 4.78 is 0. The Hall–Kier alpha value is -1.55. The van der Waals surface area contributed by atoms with Crippen LogP contribution in [0.2, 0.25) is 0 Å². The van der Waals surface area contributed by atoms with Crippen molar-refractivity contribution in [1.29, 1.82) is 0 Å². The molecular formula is C15H22N2O2. The van der Waals surface area contributed by atoms with Gasteiger partial charge in [0.2, 0.25) is 0 Å². The van der Waals surface area contributed by atoms with Crippen molar-refractivity contribution in [3.05, 3.63) is 29.8 Å². The molecule has 4 nitrogen and oxygen atoms in total. The maximum atomic E-state index is 11.7. The van der Waals surface area contributed by atoms with Crippen LogP contribution in [0.1, 0.15) is 36.5 Å². The highest BCUT2D eigenvalue weighted by molar-refractivity contribution is 5.94. The summed E-state index contributed by atoms with van der Waals surface area (Å²) in [6, 6.07) is 8.07. The van der Waals surface area contributed by atoms with Crippen molar-refractivity contribution in [2.75, 3.05) is 18.5 Å². The molecule has 0 radical (unpaired) electrons. The van der Waals surface area contributed by atoms with Crippen molar-refractivity contribution in [2.45, 2.75) is 32.2 Å². The number of hydrogen-bond donors (Lipinski definition) is 3. The number of amides is 1. The Morgan fingerprint density at radius 3 is 2.63 bits per heavy atom. The molecule has 1 fully saturated rings. The number of benzene rings is 1. The molecule has 104 valence electrons. The van der Waals surface area contributed by atoms with Crippen LogP contribution >= 0.6 is 0 Å². The summed E-state index contributed by atoms with van der Waals surface area (Å²) in [5.74, 6) is 0.572. The van der Waals surface area contributed by atoms with Crippen LogP contribution in [-0.2, 0) is 0 Å². The third kappa shape index (κ3) is 3.70. The zero-order valence-electron chi connectivity index (χ0n) is 11.4. The maximum Gasteiger partial charge on any atom is 0.251 e. The molecule has 4 heteroatoms. The summed E-state index contributed by atoms with van der Waals surface area (Å²) in [7, 11) is 0. The molecule has 1 saturated carbocycles. The highest BCUT2D eigenvalue weighted by Gasteiger charge is 2.22. The van der Waals surface area contributed by atoms with Gasteiger partial charge < -0.3 is 15.7 Å². The SMILES string of the molecule is CC1CCCC1Nc1ccc(C(=O)NCCO)cc1. The van der Waals surface area contributed by atoms with Gasteiger partial charge in [-0.25, -0.2) is 0 Å². The van der Waals surface area contributed by atoms with Gasteiger partial charge in [-0.2, -0.15) is 0 Å². The second kappa shape index (κ2) is 6.57. The lowest BCUT2D eigenvalue weighted by Gasteiger charge is -2.18. The molecule has 2 atom stereocenters. The number of aliphatic hydroxyl groups is 1. The molecule has 1 aromatic carbocycles. The van der Waals surface area contributed by atoms with Crippen molar-refractivity contribution < 1.29 is 9.90 Å². The van der Waals surface area contributed by atoms with Crippen LogP contribution in [0.15, 0.2) is 24.3 Å². The van der Waals surface area contributed by atoms with Crippen molar-refractivity contribution in [1.82, 2.24) is 5.32 Å². The summed E-state index contributed by atoms with van der Waals surface area (Å²) in [6.07, 6.45) is 3.81. The molecule has 2 unspecified atom stereocenters. The van der Waals surface area contributed by atoms with Crippen LogP contribution in [0.25, 0.3) is 0 Å². The smallest absolute Gasteiger partial charge is 0.251 e. The molecule has 0 saturated heterocycles. The highest BCUT2D eigenvalue weighted by atomic mass is 16.3. The lowest BCUT2D eigenvalue weighted by atomic mass is 10.1. The predicted octanol–water partition coefficient (Wildman–Crippen LogP) is 2.01. The minimum atomic E-state index is -0.144. The molecule has 0 spiro atoms. The van der Waals surface area contributed by atoms with E-state index in [2.05, 4.69) is 17.6 Å². The molecule has 2 rings (SSSR count). The lowest BCUT2D eigenvalue weighted by molar-refractivity contribution is 0.0945. The Morgan fingerprint density at radius 2 is 2.05 bits per heavy atom. The zero-order chi connectivity index (χ0) is 13.7. The van der Waals surface area contributed by atoms with E-state index in [1.54, 1.807) is 0 Å². The summed E-state index contributed by atoms with van der Waals surface area (Å²) in [4.78, 5) is 11.7. The molecule has 0 heterocycles. The van der Waals surface area contributed by atoms with Gasteiger partial charge in [-0.1, -0.05) is 13.3 Å². The average molecular weight is 262 g/mol. The van der Waals surface area contributed by atoms with Crippen LogP contribution in [-0.4, -0.2) is 30.2 Å². The van der Waals surface area contributed by atoms with Gasteiger partial charge in [0.05, 0.1) is 6.61 Å². The first-order valence-electron chi connectivity index (χ1n) is 6.96. The molecule has 0 bridgehead atoms. The van der Waals surface area contributed by atoms with Crippen molar-refractivity contribution in [3.8, 4) is 0 Å². The predicted molar refractivity (Wildman–Crippen MR) is 76.3 cm³/mol. The second-order valence-corrected chi connectivity index (χ2v) is 5.22. The van der Waals surface area contributed by atoms with E-state index in [1.165, 1.54) is 19.3 Å². The molecule has 1 amide bonds. The first-order chi connectivity index (χ1) is 9.20. The minimum absolute atomic E-state index is 0.0368. The number of aliphatic hydroxyl groups excluding tert-OH is 1. The van der Waals surface area contributed by atoms with Crippen LogP contribution in [0, 0.1) is 5.92 Å². The molecule has 0 aromatic heterocycles. The quantitative estimate of drug-likeness (QED) is 0.760. The van der Waals surface area contributed by atoms with Gasteiger partial charge in [-0.15, -0.1) is 0 Å². The van der Waals surface area contributed by atoms with Crippen LogP contribution in [0.4, 0.5) is 5.69 Å². The van der Waals surface area contributed by atoms with Crippen LogP contribution in [0.3, 0.4) is 0 Å². The number of nitrogens with one attached hydrogen (secondary N) is 2. The van der Waals surface area contributed by atoms with Gasteiger partial charge in [0.25, 0.3) is 5.91 Å². The zero-order valence-corrected chi connectivity index (χ0v) is 11.4. The third-order valence-electron chi connectivity index (χ3n) is 3.76. The molecule has 0 aliphatic heterocycles. The summed E-state index contributed by atoms with van der Waals surface area (Å²) in [5.41, 5.74) is 1.69. The van der Waals surface area contributed by atoms with E-state index < -0.39 is 0 Å². The Labute approximate surface area is 114 Å². The monoisotopic (exact) mass is 262 g/mol. The Morgan fingerprint density at radius 1 is 1.32 bits per heavy atom. The van der Waals surface area contributed by atoms with E-state index in [1.807, 2.05) is 24.3 Å². The van der Waals surface area contributed by atoms with E-state index in [0.29, 0.717) is 24.1 Å². The van der Waals surface area contributed by atoms with Gasteiger partial charge in [0, 0.05) is 23.8 Å². The van der Waals surface area contributed by atoms with Crippen molar-refractivity contribution in [2.24, 2.45) is 5.92 Å². The number of rotatable bonds is 5. The first kappa shape index (κ1) is 13.9. The Kier molecular flexibility index (Phi) is 4.80. The van der Waals surface area contributed by atoms with E-state index in [9.17, 15) is 4.79 Å². The van der Waals surface area contributed by atoms with E-state index in [0.717, 1.165) is 5.69 Å². The minimum Gasteiger partial charge on any atom is -0.395 e. The van der Waals surface area contributed by atoms with E-state index in [-0.39, 0.29) is 12.5 Å². The number of carbonyl (C=O) groups excluding carboxylic acids is 1. The van der Waals surface area contributed by atoms with Gasteiger partial charge in [-0.3, -0.25) is 4.79 Å². The van der Waals surface area contributed by atoms with Gasteiger partial charge in [-0.05, 0) is 43.0 Å². The number of anilines is 1. The van der Waals surface area contributed by atoms with Crippen molar-refractivity contribution >= 4 is 11.6 Å². The fourth-order valence-electron chi connectivity index (χ4n) is 2.56. The van der Waals surface area contributed by atoms with Crippen LogP contribution < -0.4 is 10.6 Å². The average Bonchev–Trinajstić information content (AvgIpc) is 2.82. The molecule has 1 aliphatic rings. The van der Waals surface area contributed by atoms with Crippen molar-refractivity contribution in [3.63, 3.8) is 0 Å². The molecular weight excluding hydrogens is 240 g/mol. The topological polar surface area (TPSA) is 61.4 Å². The first-order valence-corrected chi connectivity index (χ1v) is 6.96. The third-order valence-corrected chi connectivity index (χ3v) is 3.76. The molecule has 19 heavy (non-hydrogen) atoms. The van der Waals surface area contributed by atoms with E-state index in [4.69, 9.17) is 5.11 Å². The lowest BCUT2D eigenvalue weighted by Crippen LogP contribution is -2.26. The van der Waals surface area contributed by atoms with Crippen LogP contribution in [0.5, 0.6) is 0 Å². The normalized spacial score (nSPS) is 22.2. The van der Waals surface area contributed by atoms with E-state index >= 15 is 0 Å². The number of carbonyl (C=O) groups is 1. The maximum absolute atomic E-state index is 11.7. The molecule has 3 N–H and O–H groups in total. The Bertz CT molecular complexity index is 417. The standard InChI is InChI=1S/C15H22N2O2/c1-11-3-2-4-14(11)17-13-7-5-12(6-8-13)15(19)16-9-10-18/h5-8,11,14,17-18H,2-4,9-10H2,1H3,(H,16,19). The fraction of sp³-hybridized carbons (Fsp3) is 0.533. The second-order valence-electron chi connectivity index (χ2n) is 5.22. The number of hydrogen-bond acceptors (Lipinski definition) is 3. The summed E-state index contributed by atoms with van der Waals surface area (Å²) in [5, 5.41) is 14.8. The summed E-state index contributed by atoms with van der Waals surface area (Å²) in [6.45, 7) is 2.53. The van der Waals surface area contributed by atoms with Gasteiger partial charge in [0.15, 0.2) is 0 Å². The molecule has 1 aliphatic carbocycles. The van der Waals surface area contributed by atoms with Gasteiger partial charge in [0.1, 0.15) is 0 Å².